The van der Waals surface area contributed by atoms with E-state index in [1.807, 2.05) is 0 Å². The number of carbonyl (C=O) groups is 2. The van der Waals surface area contributed by atoms with Gasteiger partial charge in [0.05, 0.1) is 5.69 Å². The van der Waals surface area contributed by atoms with E-state index in [9.17, 15) is 14.0 Å². The predicted molar refractivity (Wildman–Crippen MR) is 98.6 cm³/mol. The van der Waals surface area contributed by atoms with Crippen molar-refractivity contribution in [1.29, 1.82) is 0 Å². The summed E-state index contributed by atoms with van der Waals surface area (Å²) >= 11 is 0. The van der Waals surface area contributed by atoms with Gasteiger partial charge in [-0.3, -0.25) is 14.6 Å². The van der Waals surface area contributed by atoms with Gasteiger partial charge in [0.1, 0.15) is 11.6 Å². The van der Waals surface area contributed by atoms with Gasteiger partial charge in [-0.05, 0) is 25.1 Å². The Labute approximate surface area is 157 Å². The average Bonchev–Trinajstić information content (AvgIpc) is 2.67. The summed E-state index contributed by atoms with van der Waals surface area (Å²) in [7, 11) is 0. The first kappa shape index (κ1) is 18.8. The summed E-state index contributed by atoms with van der Waals surface area (Å²) in [6.07, 6.45) is 0.898. The number of aromatic nitrogens is 1. The van der Waals surface area contributed by atoms with E-state index < -0.39 is 6.10 Å². The van der Waals surface area contributed by atoms with Crippen LogP contribution in [-0.2, 0) is 9.59 Å². The number of nitrogens with zero attached hydrogens (tertiary/aromatic N) is 3. The van der Waals surface area contributed by atoms with Crippen LogP contribution in [-0.4, -0.2) is 58.9 Å². The first-order valence-corrected chi connectivity index (χ1v) is 8.87. The van der Waals surface area contributed by atoms with Gasteiger partial charge >= 0.3 is 0 Å². The minimum atomic E-state index is -0.670. The molecule has 1 aliphatic heterocycles. The van der Waals surface area contributed by atoms with Crippen LogP contribution in [0.3, 0.4) is 0 Å². The van der Waals surface area contributed by atoms with Gasteiger partial charge in [-0.25, -0.2) is 4.39 Å². The van der Waals surface area contributed by atoms with Crippen molar-refractivity contribution in [2.24, 2.45) is 0 Å². The number of hydrogen-bond acceptors (Lipinski definition) is 4. The van der Waals surface area contributed by atoms with E-state index in [-0.39, 0.29) is 17.6 Å². The SMILES string of the molecule is CC(=O)N1CCN(C(=O)C(C)Oc2ccnc(-c3cccc(F)c3)c2)CC1. The zero-order chi connectivity index (χ0) is 19.4. The highest BCUT2D eigenvalue weighted by atomic mass is 19.1. The number of benzene rings is 1. The first-order chi connectivity index (χ1) is 12.9. The molecule has 1 unspecified atom stereocenters. The Morgan fingerprint density at radius 1 is 1.11 bits per heavy atom. The number of ether oxygens (including phenoxy) is 1. The molecule has 2 heterocycles. The van der Waals surface area contributed by atoms with Crippen LogP contribution in [0.4, 0.5) is 4.39 Å². The zero-order valence-electron chi connectivity index (χ0n) is 15.4. The Balaban J connectivity index is 1.64. The molecule has 1 aliphatic rings. The molecule has 0 radical (unpaired) electrons. The fourth-order valence-electron chi connectivity index (χ4n) is 3.04. The molecule has 142 valence electrons. The fraction of sp³-hybridized carbons (Fsp3) is 0.350. The van der Waals surface area contributed by atoms with Crippen molar-refractivity contribution in [2.45, 2.75) is 20.0 Å². The van der Waals surface area contributed by atoms with Crippen molar-refractivity contribution in [3.63, 3.8) is 0 Å². The van der Waals surface area contributed by atoms with Crippen molar-refractivity contribution < 1.29 is 18.7 Å². The lowest BCUT2D eigenvalue weighted by Crippen LogP contribution is -2.52. The van der Waals surface area contributed by atoms with Crippen LogP contribution in [0.25, 0.3) is 11.3 Å². The third-order valence-electron chi connectivity index (χ3n) is 4.55. The molecule has 1 saturated heterocycles. The Morgan fingerprint density at radius 2 is 1.81 bits per heavy atom. The summed E-state index contributed by atoms with van der Waals surface area (Å²) in [5, 5.41) is 0. The second kappa shape index (κ2) is 8.16. The summed E-state index contributed by atoms with van der Waals surface area (Å²) in [5.74, 6) is 0.0525. The molecule has 0 N–H and O–H groups in total. The molecule has 7 heteroatoms. The van der Waals surface area contributed by atoms with Gasteiger partial charge in [-0.2, -0.15) is 0 Å². The minimum Gasteiger partial charge on any atom is -0.481 e. The quantitative estimate of drug-likeness (QED) is 0.828. The van der Waals surface area contributed by atoms with Crippen LogP contribution in [0.1, 0.15) is 13.8 Å². The maximum Gasteiger partial charge on any atom is 0.263 e. The van der Waals surface area contributed by atoms with Crippen molar-refractivity contribution >= 4 is 11.8 Å². The van der Waals surface area contributed by atoms with Crippen molar-refractivity contribution in [3.05, 3.63) is 48.4 Å². The van der Waals surface area contributed by atoms with Gasteiger partial charge in [0, 0.05) is 50.9 Å². The van der Waals surface area contributed by atoms with E-state index >= 15 is 0 Å². The van der Waals surface area contributed by atoms with E-state index in [0.29, 0.717) is 43.2 Å². The molecule has 2 aromatic rings. The second-order valence-corrected chi connectivity index (χ2v) is 6.48. The number of halogens is 1. The van der Waals surface area contributed by atoms with Gasteiger partial charge in [-0.1, -0.05) is 12.1 Å². The first-order valence-electron chi connectivity index (χ1n) is 8.87. The summed E-state index contributed by atoms with van der Waals surface area (Å²) in [6, 6.07) is 9.50. The number of rotatable bonds is 4. The molecule has 1 atom stereocenters. The Hall–Kier alpha value is -2.96. The summed E-state index contributed by atoms with van der Waals surface area (Å²) < 4.78 is 19.2. The number of hydrogen-bond donors (Lipinski definition) is 0. The molecule has 0 spiro atoms. The highest BCUT2D eigenvalue weighted by Gasteiger charge is 2.26. The number of carbonyl (C=O) groups excluding carboxylic acids is 2. The van der Waals surface area contributed by atoms with Crippen molar-refractivity contribution in [1.82, 2.24) is 14.8 Å². The molecule has 0 aliphatic carbocycles. The Morgan fingerprint density at radius 3 is 2.48 bits per heavy atom. The smallest absolute Gasteiger partial charge is 0.263 e. The van der Waals surface area contributed by atoms with Crippen LogP contribution in [0.5, 0.6) is 5.75 Å². The number of piperazine rings is 1. The maximum atomic E-state index is 13.4. The number of amides is 2. The summed E-state index contributed by atoms with van der Waals surface area (Å²) in [6.45, 7) is 5.29. The Kier molecular flexibility index (Phi) is 5.69. The van der Waals surface area contributed by atoms with E-state index in [4.69, 9.17) is 4.74 Å². The number of pyridine rings is 1. The second-order valence-electron chi connectivity index (χ2n) is 6.48. The molecule has 1 fully saturated rings. The van der Waals surface area contributed by atoms with Gasteiger partial charge in [-0.15, -0.1) is 0 Å². The zero-order valence-corrected chi connectivity index (χ0v) is 15.4. The molecule has 0 saturated carbocycles. The van der Waals surface area contributed by atoms with Crippen LogP contribution in [0, 0.1) is 5.82 Å². The van der Waals surface area contributed by atoms with Gasteiger partial charge in [0.15, 0.2) is 6.10 Å². The lowest BCUT2D eigenvalue weighted by atomic mass is 10.1. The molecular weight excluding hydrogens is 349 g/mol. The summed E-state index contributed by atoms with van der Waals surface area (Å²) in [4.78, 5) is 31.7. The standard InChI is InChI=1S/C20H22FN3O3/c1-14(20(26)24-10-8-23(9-11-24)15(2)25)27-18-6-7-22-19(13-18)16-4-3-5-17(21)12-16/h3-7,12-14H,8-11H2,1-2H3. The molecule has 2 amide bonds. The average molecular weight is 371 g/mol. The van der Waals surface area contributed by atoms with Gasteiger partial charge in [0.2, 0.25) is 5.91 Å². The van der Waals surface area contributed by atoms with Gasteiger partial charge < -0.3 is 14.5 Å². The highest BCUT2D eigenvalue weighted by Crippen LogP contribution is 2.23. The van der Waals surface area contributed by atoms with Crippen molar-refractivity contribution in [3.8, 4) is 17.0 Å². The molecule has 3 rings (SSSR count). The lowest BCUT2D eigenvalue weighted by molar-refractivity contribution is -0.143. The third kappa shape index (κ3) is 4.61. The lowest BCUT2D eigenvalue weighted by Gasteiger charge is -2.35. The van der Waals surface area contributed by atoms with E-state index in [0.717, 1.165) is 0 Å². The molecule has 1 aromatic heterocycles. The largest absolute Gasteiger partial charge is 0.481 e. The van der Waals surface area contributed by atoms with Crippen LogP contribution < -0.4 is 4.74 Å². The van der Waals surface area contributed by atoms with E-state index in [1.54, 1.807) is 47.2 Å². The monoisotopic (exact) mass is 371 g/mol. The molecule has 0 bridgehead atoms. The molecular formula is C20H22FN3O3. The normalized spacial score (nSPS) is 15.4. The van der Waals surface area contributed by atoms with Gasteiger partial charge in [0.25, 0.3) is 5.91 Å². The Bertz CT molecular complexity index is 835. The van der Waals surface area contributed by atoms with Crippen LogP contribution in [0.2, 0.25) is 0 Å². The topological polar surface area (TPSA) is 62.7 Å². The summed E-state index contributed by atoms with van der Waals surface area (Å²) in [5.41, 5.74) is 1.21. The highest BCUT2D eigenvalue weighted by molar-refractivity contribution is 5.81. The minimum absolute atomic E-state index is 0.0214. The van der Waals surface area contributed by atoms with Crippen LogP contribution >= 0.6 is 0 Å². The van der Waals surface area contributed by atoms with Crippen molar-refractivity contribution in [2.75, 3.05) is 26.2 Å². The molecule has 6 nitrogen and oxygen atoms in total. The maximum absolute atomic E-state index is 13.4. The third-order valence-corrected chi connectivity index (χ3v) is 4.55. The fourth-order valence-corrected chi connectivity index (χ4v) is 3.04. The molecule has 1 aromatic carbocycles. The van der Waals surface area contributed by atoms with E-state index in [2.05, 4.69) is 4.98 Å². The molecule has 27 heavy (non-hydrogen) atoms. The predicted octanol–water partition coefficient (Wildman–Crippen LogP) is 2.35. The van der Waals surface area contributed by atoms with Crippen LogP contribution in [0.15, 0.2) is 42.6 Å². The van der Waals surface area contributed by atoms with E-state index in [1.165, 1.54) is 19.1 Å².